The molecule has 0 N–H and O–H groups in total. The molecule has 0 aromatic rings. The van der Waals surface area contributed by atoms with Crippen LogP contribution in [0, 0.1) is 0 Å². The lowest BCUT2D eigenvalue weighted by Gasteiger charge is -2.51. The average Bonchev–Trinajstić information content (AvgIpc) is 2.36. The number of rotatable bonds is 2. The molecule has 0 aromatic heterocycles. The molecular weight excluding hydrogens is 258 g/mol. The van der Waals surface area contributed by atoms with E-state index in [0.717, 1.165) is 6.04 Å². The summed E-state index contributed by atoms with van der Waals surface area (Å²) in [4.78, 5) is 8.13. The van der Waals surface area contributed by atoms with Crippen molar-refractivity contribution in [1.29, 1.82) is 0 Å². The van der Waals surface area contributed by atoms with Crippen molar-refractivity contribution in [3.05, 3.63) is 0 Å². The first kappa shape index (κ1) is 17.2. The van der Waals surface area contributed by atoms with E-state index in [1.165, 1.54) is 39.0 Å². The molecule has 2 heterocycles. The summed E-state index contributed by atoms with van der Waals surface area (Å²) >= 11 is 0. The van der Waals surface area contributed by atoms with Gasteiger partial charge in [-0.3, -0.25) is 14.7 Å². The predicted octanol–water partition coefficient (Wildman–Crippen LogP) is 3.05. The standard InChI is InChI=1S/C18H37N3/c1-14(2)21-15(3)12-19(13-16(21)4)17-8-10-20(11-9-17)18(5,6)7/h14-17H,8-13H2,1-7H3. The molecule has 2 fully saturated rings. The maximum absolute atomic E-state index is 2.79. The molecule has 124 valence electrons. The van der Waals surface area contributed by atoms with Crippen LogP contribution >= 0.6 is 0 Å². The summed E-state index contributed by atoms with van der Waals surface area (Å²) < 4.78 is 0. The third-order valence-corrected chi connectivity index (χ3v) is 5.54. The van der Waals surface area contributed by atoms with Crippen LogP contribution in [0.15, 0.2) is 0 Å². The molecule has 21 heavy (non-hydrogen) atoms. The molecular formula is C18H37N3. The van der Waals surface area contributed by atoms with E-state index in [0.29, 0.717) is 23.7 Å². The Balaban J connectivity index is 1.90. The van der Waals surface area contributed by atoms with E-state index in [4.69, 9.17) is 0 Å². The van der Waals surface area contributed by atoms with Crippen LogP contribution in [0.3, 0.4) is 0 Å². The number of piperidine rings is 1. The smallest absolute Gasteiger partial charge is 0.0201 e. The van der Waals surface area contributed by atoms with Crippen molar-refractivity contribution in [1.82, 2.24) is 14.7 Å². The molecule has 0 bridgehead atoms. The lowest BCUT2D eigenvalue weighted by molar-refractivity contribution is -0.0229. The van der Waals surface area contributed by atoms with Gasteiger partial charge in [-0.2, -0.15) is 0 Å². The Morgan fingerprint density at radius 1 is 0.905 bits per heavy atom. The van der Waals surface area contributed by atoms with Gasteiger partial charge in [0.15, 0.2) is 0 Å². The van der Waals surface area contributed by atoms with Crippen LogP contribution in [0.4, 0.5) is 0 Å². The molecule has 3 heteroatoms. The van der Waals surface area contributed by atoms with E-state index in [1.54, 1.807) is 0 Å². The summed E-state index contributed by atoms with van der Waals surface area (Å²) in [5, 5.41) is 0. The summed E-state index contributed by atoms with van der Waals surface area (Å²) in [6.45, 7) is 21.6. The fraction of sp³-hybridized carbons (Fsp3) is 1.00. The van der Waals surface area contributed by atoms with E-state index in [-0.39, 0.29) is 0 Å². The summed E-state index contributed by atoms with van der Waals surface area (Å²) in [5.41, 5.74) is 0.335. The molecule has 0 aliphatic carbocycles. The highest BCUT2D eigenvalue weighted by molar-refractivity contribution is 4.92. The number of hydrogen-bond donors (Lipinski definition) is 0. The molecule has 0 radical (unpaired) electrons. The minimum atomic E-state index is 0.335. The molecule has 0 spiro atoms. The van der Waals surface area contributed by atoms with E-state index in [1.807, 2.05) is 0 Å². The highest BCUT2D eigenvalue weighted by Gasteiger charge is 2.36. The molecule has 0 aromatic carbocycles. The molecule has 2 rings (SSSR count). The largest absolute Gasteiger partial charge is 0.298 e. The van der Waals surface area contributed by atoms with Crippen molar-refractivity contribution in [3.63, 3.8) is 0 Å². The zero-order valence-corrected chi connectivity index (χ0v) is 15.4. The van der Waals surface area contributed by atoms with Crippen molar-refractivity contribution in [2.24, 2.45) is 0 Å². The van der Waals surface area contributed by atoms with Gasteiger partial charge in [-0.1, -0.05) is 0 Å². The Kier molecular flexibility index (Phi) is 5.38. The Labute approximate surface area is 132 Å². The highest BCUT2D eigenvalue weighted by Crippen LogP contribution is 2.27. The van der Waals surface area contributed by atoms with Crippen molar-refractivity contribution in [3.8, 4) is 0 Å². The molecule has 2 atom stereocenters. The monoisotopic (exact) mass is 295 g/mol. The Morgan fingerprint density at radius 2 is 1.38 bits per heavy atom. The van der Waals surface area contributed by atoms with Gasteiger partial charge in [0.25, 0.3) is 0 Å². The van der Waals surface area contributed by atoms with Gasteiger partial charge in [0, 0.05) is 55.9 Å². The van der Waals surface area contributed by atoms with Gasteiger partial charge in [-0.15, -0.1) is 0 Å². The third kappa shape index (κ3) is 4.00. The number of piperazine rings is 1. The molecule has 2 aliphatic heterocycles. The lowest BCUT2D eigenvalue weighted by Crippen LogP contribution is -2.62. The maximum Gasteiger partial charge on any atom is 0.0201 e. The second kappa shape index (κ2) is 6.55. The van der Waals surface area contributed by atoms with Crippen molar-refractivity contribution in [2.45, 2.75) is 91.0 Å². The Bertz CT molecular complexity index is 314. The zero-order valence-electron chi connectivity index (χ0n) is 15.4. The van der Waals surface area contributed by atoms with Gasteiger partial charge in [0.2, 0.25) is 0 Å². The van der Waals surface area contributed by atoms with E-state index in [9.17, 15) is 0 Å². The van der Waals surface area contributed by atoms with Crippen LogP contribution in [0.2, 0.25) is 0 Å². The average molecular weight is 296 g/mol. The van der Waals surface area contributed by atoms with E-state index < -0.39 is 0 Å². The third-order valence-electron chi connectivity index (χ3n) is 5.54. The zero-order chi connectivity index (χ0) is 15.8. The van der Waals surface area contributed by atoms with Gasteiger partial charge in [0.1, 0.15) is 0 Å². The van der Waals surface area contributed by atoms with Crippen LogP contribution < -0.4 is 0 Å². The first-order valence-electron chi connectivity index (χ1n) is 8.96. The van der Waals surface area contributed by atoms with Crippen molar-refractivity contribution >= 4 is 0 Å². The van der Waals surface area contributed by atoms with Gasteiger partial charge >= 0.3 is 0 Å². The van der Waals surface area contributed by atoms with E-state index >= 15 is 0 Å². The lowest BCUT2D eigenvalue weighted by atomic mass is 9.95. The molecule has 3 nitrogen and oxygen atoms in total. The minimum Gasteiger partial charge on any atom is -0.298 e. The van der Waals surface area contributed by atoms with Crippen LogP contribution in [0.5, 0.6) is 0 Å². The minimum absolute atomic E-state index is 0.335. The molecule has 0 amide bonds. The SMILES string of the molecule is CC(C)N1C(C)CN(C2CCN(C(C)(C)C)CC2)CC1C. The Morgan fingerprint density at radius 3 is 1.76 bits per heavy atom. The second-order valence-corrected chi connectivity index (χ2v) is 8.58. The van der Waals surface area contributed by atoms with Crippen LogP contribution in [-0.4, -0.2) is 70.6 Å². The van der Waals surface area contributed by atoms with Crippen LogP contribution in [0.25, 0.3) is 0 Å². The molecule has 0 saturated carbocycles. The molecule has 2 saturated heterocycles. The molecule has 2 aliphatic rings. The van der Waals surface area contributed by atoms with E-state index in [2.05, 4.69) is 63.2 Å². The number of nitrogens with zero attached hydrogens (tertiary/aromatic N) is 3. The van der Waals surface area contributed by atoms with Gasteiger partial charge in [-0.25, -0.2) is 0 Å². The topological polar surface area (TPSA) is 9.72 Å². The van der Waals surface area contributed by atoms with Crippen molar-refractivity contribution in [2.75, 3.05) is 26.2 Å². The highest BCUT2D eigenvalue weighted by atomic mass is 15.3. The summed E-state index contributed by atoms with van der Waals surface area (Å²) in [7, 11) is 0. The number of hydrogen-bond acceptors (Lipinski definition) is 3. The van der Waals surface area contributed by atoms with Crippen LogP contribution in [-0.2, 0) is 0 Å². The quantitative estimate of drug-likeness (QED) is 0.775. The summed E-state index contributed by atoms with van der Waals surface area (Å²) in [6, 6.07) is 2.85. The van der Waals surface area contributed by atoms with Gasteiger partial charge in [-0.05, 0) is 61.3 Å². The second-order valence-electron chi connectivity index (χ2n) is 8.58. The number of likely N-dealkylation sites (tertiary alicyclic amines) is 1. The van der Waals surface area contributed by atoms with Gasteiger partial charge in [0.05, 0.1) is 0 Å². The van der Waals surface area contributed by atoms with Gasteiger partial charge < -0.3 is 0 Å². The Hall–Kier alpha value is -0.120. The molecule has 2 unspecified atom stereocenters. The predicted molar refractivity (Wildman–Crippen MR) is 91.8 cm³/mol. The first-order chi connectivity index (χ1) is 9.70. The van der Waals surface area contributed by atoms with Crippen LogP contribution in [0.1, 0.15) is 61.3 Å². The maximum atomic E-state index is 2.79. The van der Waals surface area contributed by atoms with Crippen molar-refractivity contribution < 1.29 is 0 Å². The first-order valence-corrected chi connectivity index (χ1v) is 8.96. The fourth-order valence-corrected chi connectivity index (χ4v) is 4.59. The summed E-state index contributed by atoms with van der Waals surface area (Å²) in [6.07, 6.45) is 2.69. The summed E-state index contributed by atoms with van der Waals surface area (Å²) in [5.74, 6) is 0. The normalized spacial score (nSPS) is 32.0. The fourth-order valence-electron chi connectivity index (χ4n) is 4.59.